The van der Waals surface area contributed by atoms with Gasteiger partial charge < -0.3 is 4.74 Å². The quantitative estimate of drug-likeness (QED) is 0.795. The summed E-state index contributed by atoms with van der Waals surface area (Å²) in [6, 6.07) is 17.7. The first kappa shape index (κ1) is 16.7. The molecule has 0 radical (unpaired) electrons. The van der Waals surface area contributed by atoms with E-state index >= 15 is 0 Å². The van der Waals surface area contributed by atoms with E-state index in [4.69, 9.17) is 4.74 Å². The summed E-state index contributed by atoms with van der Waals surface area (Å²) in [6.45, 7) is 5.88. The van der Waals surface area contributed by atoms with Gasteiger partial charge >= 0.3 is 0 Å². The largest absolute Gasteiger partial charge is 0.497 e. The molecule has 1 aliphatic carbocycles. The van der Waals surface area contributed by atoms with Crippen LogP contribution in [0.3, 0.4) is 0 Å². The van der Waals surface area contributed by atoms with Gasteiger partial charge in [-0.1, -0.05) is 43.3 Å². The number of rotatable bonds is 4. The summed E-state index contributed by atoms with van der Waals surface area (Å²) < 4.78 is 5.54. The summed E-state index contributed by atoms with van der Waals surface area (Å²) in [6.07, 6.45) is 5.03. The Morgan fingerprint density at radius 1 is 1.16 bits per heavy atom. The van der Waals surface area contributed by atoms with Crippen LogP contribution in [0.4, 0.5) is 0 Å². The predicted molar refractivity (Wildman–Crippen MR) is 103 cm³/mol. The Morgan fingerprint density at radius 2 is 2.00 bits per heavy atom. The highest BCUT2D eigenvalue weighted by atomic mass is 16.5. The molecule has 0 amide bonds. The summed E-state index contributed by atoms with van der Waals surface area (Å²) in [7, 11) is 1.78. The molecule has 4 rings (SSSR count). The minimum Gasteiger partial charge on any atom is -0.497 e. The van der Waals surface area contributed by atoms with Crippen LogP contribution in [0, 0.1) is 5.92 Å². The first-order valence-corrected chi connectivity index (χ1v) is 9.69. The van der Waals surface area contributed by atoms with Crippen molar-refractivity contribution in [1.82, 2.24) is 4.90 Å². The number of ether oxygens (including phenoxy) is 1. The van der Waals surface area contributed by atoms with Gasteiger partial charge in [0.1, 0.15) is 5.75 Å². The van der Waals surface area contributed by atoms with Gasteiger partial charge in [0.15, 0.2) is 0 Å². The van der Waals surface area contributed by atoms with Gasteiger partial charge in [0, 0.05) is 18.5 Å². The van der Waals surface area contributed by atoms with Gasteiger partial charge in [0.25, 0.3) is 0 Å². The lowest BCUT2D eigenvalue weighted by Crippen LogP contribution is -2.51. The van der Waals surface area contributed by atoms with Crippen molar-refractivity contribution in [2.75, 3.05) is 20.2 Å². The summed E-state index contributed by atoms with van der Waals surface area (Å²) in [5, 5.41) is 0. The number of piperidine rings is 1. The van der Waals surface area contributed by atoms with Crippen molar-refractivity contribution in [2.24, 2.45) is 5.92 Å². The molecule has 0 N–H and O–H groups in total. The Bertz CT molecular complexity index is 726. The summed E-state index contributed by atoms with van der Waals surface area (Å²) in [5.74, 6) is 1.77. The molecule has 1 fully saturated rings. The van der Waals surface area contributed by atoms with Crippen molar-refractivity contribution in [3.05, 3.63) is 65.2 Å². The van der Waals surface area contributed by atoms with E-state index in [1.807, 2.05) is 0 Å². The van der Waals surface area contributed by atoms with E-state index < -0.39 is 0 Å². The lowest BCUT2D eigenvalue weighted by molar-refractivity contribution is 0.0684. The molecule has 0 aromatic heterocycles. The van der Waals surface area contributed by atoms with Gasteiger partial charge in [-0.2, -0.15) is 0 Å². The van der Waals surface area contributed by atoms with Crippen molar-refractivity contribution in [1.29, 1.82) is 0 Å². The maximum atomic E-state index is 5.54. The predicted octanol–water partition coefficient (Wildman–Crippen LogP) is 4.81. The number of hydrogen-bond acceptors (Lipinski definition) is 2. The number of hydrogen-bond donors (Lipinski definition) is 0. The summed E-state index contributed by atoms with van der Waals surface area (Å²) in [4.78, 5) is 2.67. The smallest absolute Gasteiger partial charge is 0.119 e. The average molecular weight is 335 g/mol. The first-order chi connectivity index (χ1) is 12.2. The molecule has 2 heteroatoms. The topological polar surface area (TPSA) is 12.5 Å². The fourth-order valence-electron chi connectivity index (χ4n) is 5.20. The van der Waals surface area contributed by atoms with Crippen LogP contribution in [-0.2, 0) is 18.4 Å². The standard InChI is InChI=1S/C23H29NO/c1-3-23-13-14-24(16-18-7-5-4-6-8-18)17-20(23)11-9-19-10-12-21(25-2)15-22(19)23/h4-8,10,12,15,20H,3,9,11,13-14,16-17H2,1-2H3. The molecule has 132 valence electrons. The van der Waals surface area contributed by atoms with E-state index in [1.165, 1.54) is 44.3 Å². The molecular weight excluding hydrogens is 306 g/mol. The molecule has 0 bridgehead atoms. The van der Waals surface area contributed by atoms with Crippen molar-refractivity contribution in [3.8, 4) is 5.75 Å². The number of likely N-dealkylation sites (tertiary alicyclic amines) is 1. The zero-order valence-electron chi connectivity index (χ0n) is 15.5. The van der Waals surface area contributed by atoms with Crippen LogP contribution in [0.15, 0.2) is 48.5 Å². The average Bonchev–Trinajstić information content (AvgIpc) is 2.68. The molecule has 2 atom stereocenters. The zero-order chi connectivity index (χ0) is 17.3. The Labute approximate surface area is 151 Å². The van der Waals surface area contributed by atoms with Crippen LogP contribution in [0.1, 0.15) is 42.9 Å². The fourth-order valence-corrected chi connectivity index (χ4v) is 5.20. The normalized spacial score (nSPS) is 25.9. The van der Waals surface area contributed by atoms with Gasteiger partial charge in [-0.25, -0.2) is 0 Å². The zero-order valence-corrected chi connectivity index (χ0v) is 15.5. The lowest BCUT2D eigenvalue weighted by Gasteiger charge is -2.51. The minimum atomic E-state index is 0.343. The number of benzene rings is 2. The minimum absolute atomic E-state index is 0.343. The maximum Gasteiger partial charge on any atom is 0.119 e. The Morgan fingerprint density at radius 3 is 2.76 bits per heavy atom. The molecule has 1 aliphatic heterocycles. The summed E-state index contributed by atoms with van der Waals surface area (Å²) >= 11 is 0. The van der Waals surface area contributed by atoms with E-state index in [-0.39, 0.29) is 0 Å². The van der Waals surface area contributed by atoms with Crippen LogP contribution in [0.2, 0.25) is 0 Å². The molecule has 2 nitrogen and oxygen atoms in total. The highest BCUT2D eigenvalue weighted by molar-refractivity contribution is 5.43. The Balaban J connectivity index is 1.59. The second kappa shape index (κ2) is 6.84. The maximum absolute atomic E-state index is 5.54. The highest BCUT2D eigenvalue weighted by Crippen LogP contribution is 2.50. The van der Waals surface area contributed by atoms with Crippen molar-refractivity contribution in [2.45, 2.75) is 44.6 Å². The first-order valence-electron chi connectivity index (χ1n) is 9.69. The molecular formula is C23H29NO. The Hall–Kier alpha value is -1.80. The molecule has 1 saturated heterocycles. The third-order valence-electron chi connectivity index (χ3n) is 6.63. The molecule has 2 aromatic rings. The van der Waals surface area contributed by atoms with Crippen LogP contribution >= 0.6 is 0 Å². The van der Waals surface area contributed by atoms with Gasteiger partial charge in [-0.05, 0) is 67.0 Å². The van der Waals surface area contributed by atoms with Crippen LogP contribution in [-0.4, -0.2) is 25.1 Å². The van der Waals surface area contributed by atoms with Crippen LogP contribution < -0.4 is 4.74 Å². The van der Waals surface area contributed by atoms with Crippen molar-refractivity contribution >= 4 is 0 Å². The number of aryl methyl sites for hydroxylation is 1. The molecule has 2 aliphatic rings. The molecule has 1 heterocycles. The molecule has 2 aromatic carbocycles. The van der Waals surface area contributed by atoms with Gasteiger partial charge in [-0.3, -0.25) is 4.90 Å². The highest BCUT2D eigenvalue weighted by Gasteiger charge is 2.46. The van der Waals surface area contributed by atoms with Gasteiger partial charge in [0.2, 0.25) is 0 Å². The summed E-state index contributed by atoms with van der Waals surface area (Å²) in [5.41, 5.74) is 4.90. The molecule has 0 spiro atoms. The SMILES string of the molecule is CCC12CCN(Cc3ccccc3)CC1CCc1ccc(OC)cc12. The monoisotopic (exact) mass is 335 g/mol. The number of methoxy groups -OCH3 is 1. The Kier molecular flexibility index (Phi) is 4.56. The van der Waals surface area contributed by atoms with Crippen molar-refractivity contribution in [3.63, 3.8) is 0 Å². The van der Waals surface area contributed by atoms with E-state index in [0.717, 1.165) is 18.2 Å². The fraction of sp³-hybridized carbons (Fsp3) is 0.478. The second-order valence-electron chi connectivity index (χ2n) is 7.74. The number of nitrogens with zero attached hydrogens (tertiary/aromatic N) is 1. The van der Waals surface area contributed by atoms with E-state index in [2.05, 4.69) is 60.4 Å². The van der Waals surface area contributed by atoms with E-state index in [1.54, 1.807) is 18.2 Å². The second-order valence-corrected chi connectivity index (χ2v) is 7.74. The van der Waals surface area contributed by atoms with Crippen LogP contribution in [0.25, 0.3) is 0 Å². The van der Waals surface area contributed by atoms with E-state index in [9.17, 15) is 0 Å². The van der Waals surface area contributed by atoms with E-state index in [0.29, 0.717) is 5.41 Å². The van der Waals surface area contributed by atoms with Crippen LogP contribution in [0.5, 0.6) is 5.75 Å². The number of fused-ring (bicyclic) bond motifs is 3. The third kappa shape index (κ3) is 2.97. The van der Waals surface area contributed by atoms with Gasteiger partial charge in [0.05, 0.1) is 7.11 Å². The molecule has 25 heavy (non-hydrogen) atoms. The molecule has 2 unspecified atom stereocenters. The molecule has 0 saturated carbocycles. The van der Waals surface area contributed by atoms with Gasteiger partial charge in [-0.15, -0.1) is 0 Å². The third-order valence-corrected chi connectivity index (χ3v) is 6.63. The lowest BCUT2D eigenvalue weighted by atomic mass is 9.58. The van der Waals surface area contributed by atoms with Crippen molar-refractivity contribution < 1.29 is 4.74 Å².